The number of rotatable bonds is 3. The van der Waals surface area contributed by atoms with Crippen LogP contribution in [-0.2, 0) is 4.79 Å². The fourth-order valence-corrected chi connectivity index (χ4v) is 4.16. The molecule has 0 spiro atoms. The molecule has 2 fully saturated rings. The van der Waals surface area contributed by atoms with Crippen LogP contribution in [0.3, 0.4) is 0 Å². The van der Waals surface area contributed by atoms with Crippen molar-refractivity contribution in [2.75, 3.05) is 13.1 Å². The third kappa shape index (κ3) is 3.29. The van der Waals surface area contributed by atoms with E-state index in [4.69, 9.17) is 11.6 Å². The third-order valence-corrected chi connectivity index (χ3v) is 5.78. The summed E-state index contributed by atoms with van der Waals surface area (Å²) >= 11 is 5.95. The van der Waals surface area contributed by atoms with Crippen LogP contribution in [0.15, 0.2) is 24.3 Å². The lowest BCUT2D eigenvalue weighted by Crippen LogP contribution is -2.41. The highest BCUT2D eigenvalue weighted by Gasteiger charge is 2.49. The van der Waals surface area contributed by atoms with E-state index < -0.39 is 11.3 Å². The van der Waals surface area contributed by atoms with Gasteiger partial charge in [-0.15, -0.1) is 0 Å². The van der Waals surface area contributed by atoms with Crippen molar-refractivity contribution in [2.45, 2.75) is 44.4 Å². The van der Waals surface area contributed by atoms with Gasteiger partial charge in [0.15, 0.2) is 0 Å². The van der Waals surface area contributed by atoms with Gasteiger partial charge in [-0.3, -0.25) is 4.79 Å². The first-order chi connectivity index (χ1) is 10.8. The minimum atomic E-state index is -2.60. The van der Waals surface area contributed by atoms with Gasteiger partial charge in [0, 0.05) is 48.2 Å². The molecule has 2 aliphatic rings. The maximum absolute atomic E-state index is 13.4. The minimum absolute atomic E-state index is 0.0645. The van der Waals surface area contributed by atoms with Gasteiger partial charge in [0.25, 0.3) is 0 Å². The second-order valence-electron chi connectivity index (χ2n) is 7.15. The number of benzene rings is 1. The normalized spacial score (nSPS) is 31.2. The predicted octanol–water partition coefficient (Wildman–Crippen LogP) is 4.43. The molecule has 5 heteroatoms. The summed E-state index contributed by atoms with van der Waals surface area (Å²) in [5.74, 6) is -2.64. The SMILES string of the molecule is C[C@@]1(C(=O)C2CCC(F)(F)CC2)CNC[C@@H]1c1ccc(Cl)cc1. The van der Waals surface area contributed by atoms with Gasteiger partial charge in [-0.2, -0.15) is 0 Å². The second kappa shape index (κ2) is 6.14. The van der Waals surface area contributed by atoms with Crippen LogP contribution < -0.4 is 5.32 Å². The summed E-state index contributed by atoms with van der Waals surface area (Å²) in [6.45, 7) is 3.31. The van der Waals surface area contributed by atoms with Crippen molar-refractivity contribution in [2.24, 2.45) is 11.3 Å². The first kappa shape index (κ1) is 16.8. The van der Waals surface area contributed by atoms with Crippen molar-refractivity contribution < 1.29 is 13.6 Å². The highest BCUT2D eigenvalue weighted by molar-refractivity contribution is 6.30. The number of hydrogen-bond acceptors (Lipinski definition) is 2. The zero-order valence-electron chi connectivity index (χ0n) is 13.2. The molecular formula is C18H22ClF2NO. The van der Waals surface area contributed by atoms with Gasteiger partial charge >= 0.3 is 0 Å². The van der Waals surface area contributed by atoms with E-state index >= 15 is 0 Å². The summed E-state index contributed by atoms with van der Waals surface area (Å²) in [7, 11) is 0. The first-order valence-electron chi connectivity index (χ1n) is 8.20. The van der Waals surface area contributed by atoms with Crippen LogP contribution in [0.2, 0.25) is 5.02 Å². The van der Waals surface area contributed by atoms with E-state index in [1.807, 2.05) is 31.2 Å². The fraction of sp³-hybridized carbons (Fsp3) is 0.611. The van der Waals surface area contributed by atoms with Crippen molar-refractivity contribution in [3.8, 4) is 0 Å². The molecule has 1 aliphatic heterocycles. The average molecular weight is 342 g/mol. The van der Waals surface area contributed by atoms with E-state index in [1.54, 1.807) is 0 Å². The molecule has 1 aliphatic carbocycles. The number of Topliss-reactive ketones (excluding diaryl/α,β-unsaturated/α-hetero) is 1. The van der Waals surface area contributed by atoms with Crippen LogP contribution in [0.1, 0.15) is 44.1 Å². The van der Waals surface area contributed by atoms with Crippen molar-refractivity contribution in [1.82, 2.24) is 5.32 Å². The quantitative estimate of drug-likeness (QED) is 0.881. The lowest BCUT2D eigenvalue weighted by Gasteiger charge is -2.36. The zero-order chi connectivity index (χ0) is 16.7. The summed E-state index contributed by atoms with van der Waals surface area (Å²) in [5, 5.41) is 3.98. The van der Waals surface area contributed by atoms with Crippen LogP contribution in [0.4, 0.5) is 8.78 Å². The van der Waals surface area contributed by atoms with Crippen LogP contribution >= 0.6 is 11.6 Å². The molecule has 0 radical (unpaired) electrons. The smallest absolute Gasteiger partial charge is 0.248 e. The molecule has 1 saturated carbocycles. The monoisotopic (exact) mass is 341 g/mol. The average Bonchev–Trinajstić information content (AvgIpc) is 2.91. The number of nitrogens with one attached hydrogen (secondary N) is 1. The van der Waals surface area contributed by atoms with Gasteiger partial charge in [0.05, 0.1) is 0 Å². The lowest BCUT2D eigenvalue weighted by atomic mass is 9.67. The summed E-state index contributed by atoms with van der Waals surface area (Å²) in [4.78, 5) is 13.1. The van der Waals surface area contributed by atoms with Gasteiger partial charge in [0.2, 0.25) is 5.92 Å². The maximum atomic E-state index is 13.4. The van der Waals surface area contributed by atoms with E-state index in [0.29, 0.717) is 24.4 Å². The van der Waals surface area contributed by atoms with E-state index in [0.717, 1.165) is 12.1 Å². The molecule has 0 amide bonds. The molecule has 0 bridgehead atoms. The minimum Gasteiger partial charge on any atom is -0.315 e. The predicted molar refractivity (Wildman–Crippen MR) is 87.1 cm³/mol. The number of carbonyl (C=O) groups is 1. The number of hydrogen-bond donors (Lipinski definition) is 1. The van der Waals surface area contributed by atoms with Crippen LogP contribution in [0.25, 0.3) is 0 Å². The Balaban J connectivity index is 1.79. The molecule has 1 aromatic rings. The van der Waals surface area contributed by atoms with E-state index in [1.165, 1.54) is 0 Å². The Morgan fingerprint density at radius 2 is 1.83 bits per heavy atom. The topological polar surface area (TPSA) is 29.1 Å². The third-order valence-electron chi connectivity index (χ3n) is 5.53. The number of halogens is 3. The molecule has 23 heavy (non-hydrogen) atoms. The molecule has 1 heterocycles. The standard InChI is InChI=1S/C18H22ClF2NO/c1-17(16(23)13-6-8-18(20,21)9-7-13)11-22-10-15(17)12-2-4-14(19)5-3-12/h2-5,13,15,22H,6-11H2,1H3/t15-,17-/m1/s1. The van der Waals surface area contributed by atoms with Gasteiger partial charge < -0.3 is 5.32 Å². The zero-order valence-corrected chi connectivity index (χ0v) is 14.0. The fourth-order valence-electron chi connectivity index (χ4n) is 4.03. The number of ketones is 1. The maximum Gasteiger partial charge on any atom is 0.248 e. The van der Waals surface area contributed by atoms with Crippen LogP contribution in [-0.4, -0.2) is 24.8 Å². The summed E-state index contributed by atoms with van der Waals surface area (Å²) in [6.07, 6.45) is 0.264. The molecule has 1 aromatic carbocycles. The molecule has 3 rings (SSSR count). The number of carbonyl (C=O) groups excluding carboxylic acids is 1. The summed E-state index contributed by atoms with van der Waals surface area (Å²) < 4.78 is 26.7. The van der Waals surface area contributed by atoms with Gasteiger partial charge in [-0.1, -0.05) is 30.7 Å². The molecule has 2 nitrogen and oxygen atoms in total. The van der Waals surface area contributed by atoms with E-state index in [9.17, 15) is 13.6 Å². The van der Waals surface area contributed by atoms with Crippen molar-refractivity contribution in [3.63, 3.8) is 0 Å². The van der Waals surface area contributed by atoms with Crippen LogP contribution in [0.5, 0.6) is 0 Å². The van der Waals surface area contributed by atoms with E-state index in [2.05, 4.69) is 5.32 Å². The molecule has 1 saturated heterocycles. The molecule has 0 unspecified atom stereocenters. The second-order valence-corrected chi connectivity index (χ2v) is 7.58. The Hall–Kier alpha value is -1.00. The van der Waals surface area contributed by atoms with Crippen molar-refractivity contribution in [3.05, 3.63) is 34.9 Å². The Bertz CT molecular complexity index is 579. The van der Waals surface area contributed by atoms with Crippen molar-refractivity contribution in [1.29, 1.82) is 0 Å². The lowest BCUT2D eigenvalue weighted by molar-refractivity contribution is -0.136. The van der Waals surface area contributed by atoms with Crippen LogP contribution in [0, 0.1) is 11.3 Å². The first-order valence-corrected chi connectivity index (χ1v) is 8.58. The Morgan fingerprint density at radius 3 is 2.43 bits per heavy atom. The molecule has 2 atom stereocenters. The Labute approximate surface area is 140 Å². The largest absolute Gasteiger partial charge is 0.315 e. The molecule has 0 aromatic heterocycles. The molecule has 126 valence electrons. The Morgan fingerprint density at radius 1 is 1.22 bits per heavy atom. The highest BCUT2D eigenvalue weighted by atomic mass is 35.5. The Kier molecular flexibility index (Phi) is 4.49. The van der Waals surface area contributed by atoms with Gasteiger partial charge in [0.1, 0.15) is 5.78 Å². The summed E-state index contributed by atoms with van der Waals surface area (Å²) in [6, 6.07) is 7.59. The molecule has 1 N–H and O–H groups in total. The van der Waals surface area contributed by atoms with Gasteiger partial charge in [-0.05, 0) is 30.5 Å². The summed E-state index contributed by atoms with van der Waals surface area (Å²) in [5.41, 5.74) is 0.543. The highest BCUT2D eigenvalue weighted by Crippen LogP contribution is 2.45. The van der Waals surface area contributed by atoms with E-state index in [-0.39, 0.29) is 30.5 Å². The van der Waals surface area contributed by atoms with Crippen molar-refractivity contribution >= 4 is 17.4 Å². The van der Waals surface area contributed by atoms with Gasteiger partial charge in [-0.25, -0.2) is 8.78 Å². The number of alkyl halides is 2. The molecular weight excluding hydrogens is 320 g/mol.